The van der Waals surface area contributed by atoms with Gasteiger partial charge in [-0.25, -0.2) is 0 Å². The molecule has 0 saturated carbocycles. The molecule has 0 amide bonds. The zero-order valence-corrected chi connectivity index (χ0v) is 23.1. The van der Waals surface area contributed by atoms with Crippen LogP contribution in [0.2, 0.25) is 0 Å². The highest BCUT2D eigenvalue weighted by Gasteiger charge is 2.28. The van der Waals surface area contributed by atoms with Crippen molar-refractivity contribution >= 4 is 0 Å². The number of hydrogen-bond acceptors (Lipinski definition) is 5. The summed E-state index contributed by atoms with van der Waals surface area (Å²) in [6, 6.07) is 0. The number of methoxy groups -OCH3 is 5. The molecular formula is C28H58O5. The highest BCUT2D eigenvalue weighted by Crippen LogP contribution is 2.25. The van der Waals surface area contributed by atoms with E-state index in [9.17, 15) is 0 Å². The van der Waals surface area contributed by atoms with Crippen LogP contribution in [0.1, 0.15) is 129 Å². The normalized spacial score (nSPS) is 13.2. The van der Waals surface area contributed by atoms with Gasteiger partial charge >= 0.3 is 0 Å². The van der Waals surface area contributed by atoms with Crippen molar-refractivity contribution in [2.75, 3.05) is 35.5 Å². The lowest BCUT2D eigenvalue weighted by molar-refractivity contribution is -0.355. The SMILES string of the molecule is CCCCCCCCCC(CCCCCCCCCCCC(OC)(OC)OC)C(OC)OC. The highest BCUT2D eigenvalue weighted by molar-refractivity contribution is 4.65. The fraction of sp³-hybridized carbons (Fsp3) is 1.00. The van der Waals surface area contributed by atoms with Crippen LogP contribution in [0, 0.1) is 5.92 Å². The second-order valence-corrected chi connectivity index (χ2v) is 9.53. The Morgan fingerprint density at radius 2 is 0.848 bits per heavy atom. The van der Waals surface area contributed by atoms with Gasteiger partial charge in [0.2, 0.25) is 0 Å². The first-order valence-electron chi connectivity index (χ1n) is 13.8. The van der Waals surface area contributed by atoms with Crippen LogP contribution in [-0.4, -0.2) is 47.8 Å². The summed E-state index contributed by atoms with van der Waals surface area (Å²) in [4.78, 5) is 0. The van der Waals surface area contributed by atoms with Crippen LogP contribution >= 0.6 is 0 Å². The summed E-state index contributed by atoms with van der Waals surface area (Å²) in [5, 5.41) is 0. The first kappa shape index (κ1) is 32.8. The Hall–Kier alpha value is -0.200. The quantitative estimate of drug-likeness (QED) is 0.0932. The summed E-state index contributed by atoms with van der Waals surface area (Å²) in [6.07, 6.45) is 24.2. The maximum Gasteiger partial charge on any atom is 0.282 e. The van der Waals surface area contributed by atoms with Crippen molar-refractivity contribution in [3.63, 3.8) is 0 Å². The average Bonchev–Trinajstić information content (AvgIpc) is 2.85. The Balaban J connectivity index is 3.80. The molecule has 33 heavy (non-hydrogen) atoms. The molecule has 0 bridgehead atoms. The molecule has 0 aliphatic heterocycles. The monoisotopic (exact) mass is 474 g/mol. The van der Waals surface area contributed by atoms with Gasteiger partial charge in [0, 0.05) is 47.9 Å². The van der Waals surface area contributed by atoms with Gasteiger partial charge in [-0.05, 0) is 19.3 Å². The topological polar surface area (TPSA) is 46.2 Å². The second kappa shape index (κ2) is 23.5. The number of unbranched alkanes of at least 4 members (excludes halogenated alkanes) is 14. The molecule has 0 saturated heterocycles. The molecule has 0 rings (SSSR count). The van der Waals surface area contributed by atoms with Crippen molar-refractivity contribution in [1.29, 1.82) is 0 Å². The van der Waals surface area contributed by atoms with Gasteiger partial charge in [-0.3, -0.25) is 0 Å². The lowest BCUT2D eigenvalue weighted by Crippen LogP contribution is -2.35. The van der Waals surface area contributed by atoms with E-state index in [4.69, 9.17) is 23.7 Å². The van der Waals surface area contributed by atoms with Gasteiger partial charge in [0.15, 0.2) is 6.29 Å². The minimum Gasteiger partial charge on any atom is -0.356 e. The molecule has 5 nitrogen and oxygen atoms in total. The number of rotatable bonds is 26. The van der Waals surface area contributed by atoms with Crippen LogP contribution in [-0.2, 0) is 23.7 Å². The molecule has 1 atom stereocenters. The first-order chi connectivity index (χ1) is 16.1. The van der Waals surface area contributed by atoms with Crippen LogP contribution in [0.3, 0.4) is 0 Å². The van der Waals surface area contributed by atoms with Gasteiger partial charge in [-0.15, -0.1) is 0 Å². The molecule has 200 valence electrons. The Bertz CT molecular complexity index is 374. The lowest BCUT2D eigenvalue weighted by Gasteiger charge is -2.28. The van der Waals surface area contributed by atoms with Crippen LogP contribution in [0.25, 0.3) is 0 Å². The minimum atomic E-state index is -0.864. The molecule has 0 aromatic rings. The Kier molecular flexibility index (Phi) is 23.4. The van der Waals surface area contributed by atoms with E-state index in [0.29, 0.717) is 5.92 Å². The van der Waals surface area contributed by atoms with Crippen LogP contribution in [0.5, 0.6) is 0 Å². The van der Waals surface area contributed by atoms with Crippen molar-refractivity contribution in [1.82, 2.24) is 0 Å². The standard InChI is InChI=1S/C28H58O5/c1-7-8-9-10-14-17-20-23-26(27(29-2)30-3)24-21-18-15-12-11-13-16-19-22-25-28(31-4,32-5)33-6/h26-27H,7-25H2,1-6H3. The molecule has 5 heteroatoms. The molecule has 0 aromatic carbocycles. The molecular weight excluding hydrogens is 416 g/mol. The summed E-state index contributed by atoms with van der Waals surface area (Å²) in [7, 11) is 8.47. The maximum absolute atomic E-state index is 5.61. The zero-order valence-electron chi connectivity index (χ0n) is 23.1. The predicted octanol–water partition coefficient (Wildman–Crippen LogP) is 8.25. The third-order valence-corrected chi connectivity index (χ3v) is 7.02. The van der Waals surface area contributed by atoms with E-state index in [1.807, 2.05) is 0 Å². The van der Waals surface area contributed by atoms with E-state index < -0.39 is 5.97 Å². The molecule has 0 radical (unpaired) electrons. The minimum absolute atomic E-state index is 0.0434. The number of ether oxygens (including phenoxy) is 5. The number of hydrogen-bond donors (Lipinski definition) is 0. The maximum atomic E-state index is 5.61. The summed E-state index contributed by atoms with van der Waals surface area (Å²) >= 11 is 0. The highest BCUT2D eigenvalue weighted by atomic mass is 16.9. The van der Waals surface area contributed by atoms with Crippen LogP contribution < -0.4 is 0 Å². The fourth-order valence-electron chi connectivity index (χ4n) is 4.80. The van der Waals surface area contributed by atoms with Crippen molar-refractivity contribution in [3.05, 3.63) is 0 Å². The van der Waals surface area contributed by atoms with Gasteiger partial charge in [0.25, 0.3) is 5.97 Å². The molecule has 0 aliphatic carbocycles. The molecule has 0 aliphatic rings. The Labute approximate surface area is 206 Å². The summed E-state index contributed by atoms with van der Waals surface area (Å²) < 4.78 is 27.3. The molecule has 0 fully saturated rings. The molecule has 0 spiro atoms. The van der Waals surface area contributed by atoms with Crippen molar-refractivity contribution in [3.8, 4) is 0 Å². The largest absolute Gasteiger partial charge is 0.356 e. The van der Waals surface area contributed by atoms with Gasteiger partial charge in [0.05, 0.1) is 0 Å². The van der Waals surface area contributed by atoms with E-state index in [1.54, 1.807) is 35.5 Å². The molecule has 1 unspecified atom stereocenters. The molecule has 0 N–H and O–H groups in total. The average molecular weight is 475 g/mol. The summed E-state index contributed by atoms with van der Waals surface area (Å²) in [5.41, 5.74) is 0. The van der Waals surface area contributed by atoms with E-state index >= 15 is 0 Å². The van der Waals surface area contributed by atoms with E-state index in [0.717, 1.165) is 12.8 Å². The summed E-state index contributed by atoms with van der Waals surface area (Å²) in [5.74, 6) is -0.328. The van der Waals surface area contributed by atoms with Gasteiger partial charge < -0.3 is 23.7 Å². The third kappa shape index (κ3) is 17.0. The smallest absolute Gasteiger partial charge is 0.282 e. The van der Waals surface area contributed by atoms with Crippen LogP contribution in [0.15, 0.2) is 0 Å². The Morgan fingerprint density at radius 1 is 0.485 bits per heavy atom. The molecule has 0 heterocycles. The van der Waals surface area contributed by atoms with Crippen LogP contribution in [0.4, 0.5) is 0 Å². The lowest BCUT2D eigenvalue weighted by atomic mass is 9.93. The van der Waals surface area contributed by atoms with E-state index in [1.165, 1.54) is 109 Å². The van der Waals surface area contributed by atoms with E-state index in [-0.39, 0.29) is 6.29 Å². The second-order valence-electron chi connectivity index (χ2n) is 9.53. The summed E-state index contributed by atoms with van der Waals surface area (Å²) in [6.45, 7) is 2.28. The predicted molar refractivity (Wildman–Crippen MR) is 138 cm³/mol. The van der Waals surface area contributed by atoms with Crippen molar-refractivity contribution < 1.29 is 23.7 Å². The van der Waals surface area contributed by atoms with Gasteiger partial charge in [0.1, 0.15) is 0 Å². The van der Waals surface area contributed by atoms with E-state index in [2.05, 4.69) is 6.92 Å². The fourth-order valence-corrected chi connectivity index (χ4v) is 4.80. The van der Waals surface area contributed by atoms with Crippen molar-refractivity contribution in [2.45, 2.75) is 141 Å². The molecule has 0 aromatic heterocycles. The van der Waals surface area contributed by atoms with Gasteiger partial charge in [-0.1, -0.05) is 103 Å². The first-order valence-corrected chi connectivity index (χ1v) is 13.8. The van der Waals surface area contributed by atoms with Gasteiger partial charge in [-0.2, -0.15) is 0 Å². The van der Waals surface area contributed by atoms with Crippen molar-refractivity contribution in [2.24, 2.45) is 5.92 Å². The third-order valence-electron chi connectivity index (χ3n) is 7.02. The Morgan fingerprint density at radius 3 is 1.21 bits per heavy atom. The zero-order chi connectivity index (χ0) is 24.6.